The van der Waals surface area contributed by atoms with Gasteiger partial charge in [0, 0.05) is 6.42 Å². The Morgan fingerprint density at radius 1 is 1.46 bits per heavy atom. The van der Waals surface area contributed by atoms with E-state index in [0.717, 1.165) is 17.7 Å². The molecule has 0 bridgehead atoms. The predicted octanol–water partition coefficient (Wildman–Crippen LogP) is 2.38. The molecule has 0 unspecified atom stereocenters. The monoisotopic (exact) mass is 172 g/mol. The second kappa shape index (κ2) is 2.53. The van der Waals surface area contributed by atoms with E-state index >= 15 is 0 Å². The van der Waals surface area contributed by atoms with Gasteiger partial charge in [-0.15, -0.1) is 6.42 Å². The SMILES string of the molecule is C#Cc1cccc2c1OC(C)(C)C2. The van der Waals surface area contributed by atoms with Crippen LogP contribution in [0.15, 0.2) is 18.2 Å². The fraction of sp³-hybridized carbons (Fsp3) is 0.333. The Hall–Kier alpha value is -1.42. The van der Waals surface area contributed by atoms with Crippen LogP contribution in [0.3, 0.4) is 0 Å². The molecule has 1 heterocycles. The van der Waals surface area contributed by atoms with Crippen LogP contribution in [0.2, 0.25) is 0 Å². The molecule has 0 spiro atoms. The minimum atomic E-state index is -0.102. The van der Waals surface area contributed by atoms with Crippen molar-refractivity contribution in [2.75, 3.05) is 0 Å². The van der Waals surface area contributed by atoms with Gasteiger partial charge in [0.2, 0.25) is 0 Å². The summed E-state index contributed by atoms with van der Waals surface area (Å²) in [5.41, 5.74) is 1.98. The zero-order valence-electron chi connectivity index (χ0n) is 7.92. The van der Waals surface area contributed by atoms with Crippen LogP contribution < -0.4 is 4.74 Å². The van der Waals surface area contributed by atoms with Crippen molar-refractivity contribution >= 4 is 0 Å². The van der Waals surface area contributed by atoms with Gasteiger partial charge >= 0.3 is 0 Å². The van der Waals surface area contributed by atoms with Crippen molar-refractivity contribution in [2.24, 2.45) is 0 Å². The van der Waals surface area contributed by atoms with E-state index in [2.05, 4.69) is 25.8 Å². The minimum absolute atomic E-state index is 0.102. The number of benzene rings is 1. The topological polar surface area (TPSA) is 9.23 Å². The van der Waals surface area contributed by atoms with Crippen LogP contribution >= 0.6 is 0 Å². The zero-order valence-corrected chi connectivity index (χ0v) is 7.92. The summed E-state index contributed by atoms with van der Waals surface area (Å²) >= 11 is 0. The van der Waals surface area contributed by atoms with Gasteiger partial charge in [-0.3, -0.25) is 0 Å². The molecule has 0 saturated carbocycles. The summed E-state index contributed by atoms with van der Waals surface area (Å²) in [6.07, 6.45) is 6.32. The van der Waals surface area contributed by atoms with Crippen LogP contribution in [0.5, 0.6) is 5.75 Å². The van der Waals surface area contributed by atoms with Gasteiger partial charge < -0.3 is 4.74 Å². The van der Waals surface area contributed by atoms with Gasteiger partial charge in [0.25, 0.3) is 0 Å². The summed E-state index contributed by atoms with van der Waals surface area (Å²) in [5.74, 6) is 3.54. The van der Waals surface area contributed by atoms with Crippen molar-refractivity contribution in [3.05, 3.63) is 29.3 Å². The fourth-order valence-electron chi connectivity index (χ4n) is 1.73. The molecule has 1 heteroatoms. The Bertz CT molecular complexity index is 383. The first-order valence-electron chi connectivity index (χ1n) is 4.40. The van der Waals surface area contributed by atoms with Crippen LogP contribution in [0.1, 0.15) is 25.0 Å². The normalized spacial score (nSPS) is 17.3. The minimum Gasteiger partial charge on any atom is -0.486 e. The molecule has 2 rings (SSSR count). The molecular weight excluding hydrogens is 160 g/mol. The molecule has 0 amide bonds. The van der Waals surface area contributed by atoms with E-state index in [1.54, 1.807) is 0 Å². The summed E-state index contributed by atoms with van der Waals surface area (Å²) in [6, 6.07) is 5.98. The highest BCUT2D eigenvalue weighted by Gasteiger charge is 2.31. The Morgan fingerprint density at radius 3 is 2.92 bits per heavy atom. The van der Waals surface area contributed by atoms with Crippen LogP contribution in [-0.2, 0) is 6.42 Å². The second-order valence-electron chi connectivity index (χ2n) is 3.98. The lowest BCUT2D eigenvalue weighted by molar-refractivity contribution is 0.138. The van der Waals surface area contributed by atoms with Crippen LogP contribution in [0.25, 0.3) is 0 Å². The highest BCUT2D eigenvalue weighted by Crippen LogP contribution is 2.36. The molecule has 0 aliphatic carbocycles. The highest BCUT2D eigenvalue weighted by atomic mass is 16.5. The molecule has 1 aromatic carbocycles. The molecule has 1 aliphatic rings. The summed E-state index contributed by atoms with van der Waals surface area (Å²) in [7, 11) is 0. The maximum absolute atomic E-state index is 5.77. The molecular formula is C12H12O. The van der Waals surface area contributed by atoms with Gasteiger partial charge in [0.05, 0.1) is 5.56 Å². The van der Waals surface area contributed by atoms with E-state index < -0.39 is 0 Å². The third-order valence-electron chi connectivity index (χ3n) is 2.25. The average Bonchev–Trinajstić information content (AvgIpc) is 2.37. The molecule has 1 aromatic rings. The molecule has 0 saturated heterocycles. The predicted molar refractivity (Wildman–Crippen MR) is 52.8 cm³/mol. The van der Waals surface area contributed by atoms with E-state index in [0.29, 0.717) is 0 Å². The summed E-state index contributed by atoms with van der Waals surface area (Å²) in [5, 5.41) is 0. The third-order valence-corrected chi connectivity index (χ3v) is 2.25. The Morgan fingerprint density at radius 2 is 2.23 bits per heavy atom. The van der Waals surface area contributed by atoms with Crippen molar-refractivity contribution in [1.82, 2.24) is 0 Å². The van der Waals surface area contributed by atoms with Crippen molar-refractivity contribution in [3.63, 3.8) is 0 Å². The van der Waals surface area contributed by atoms with Gasteiger partial charge in [-0.05, 0) is 25.5 Å². The largest absolute Gasteiger partial charge is 0.486 e. The highest BCUT2D eigenvalue weighted by molar-refractivity contribution is 5.52. The number of ether oxygens (including phenoxy) is 1. The molecule has 0 N–H and O–H groups in total. The van der Waals surface area contributed by atoms with E-state index in [1.807, 2.05) is 12.1 Å². The maximum Gasteiger partial charge on any atom is 0.139 e. The van der Waals surface area contributed by atoms with Crippen LogP contribution in [0.4, 0.5) is 0 Å². The van der Waals surface area contributed by atoms with Gasteiger partial charge in [0.1, 0.15) is 11.4 Å². The Kier molecular flexibility index (Phi) is 1.60. The number of rotatable bonds is 0. The number of hydrogen-bond donors (Lipinski definition) is 0. The number of fused-ring (bicyclic) bond motifs is 1. The molecule has 66 valence electrons. The number of terminal acetylenes is 1. The van der Waals surface area contributed by atoms with Crippen molar-refractivity contribution in [3.8, 4) is 18.1 Å². The molecule has 1 nitrogen and oxygen atoms in total. The van der Waals surface area contributed by atoms with E-state index in [4.69, 9.17) is 11.2 Å². The van der Waals surface area contributed by atoms with Crippen molar-refractivity contribution in [2.45, 2.75) is 25.9 Å². The lowest BCUT2D eigenvalue weighted by Crippen LogP contribution is -2.24. The second-order valence-corrected chi connectivity index (χ2v) is 3.98. The first-order chi connectivity index (χ1) is 6.12. The van der Waals surface area contributed by atoms with E-state index in [9.17, 15) is 0 Å². The maximum atomic E-state index is 5.77. The van der Waals surface area contributed by atoms with Crippen molar-refractivity contribution in [1.29, 1.82) is 0 Å². The summed E-state index contributed by atoms with van der Waals surface area (Å²) in [4.78, 5) is 0. The number of para-hydroxylation sites is 1. The molecule has 0 fully saturated rings. The number of hydrogen-bond acceptors (Lipinski definition) is 1. The molecule has 1 aliphatic heterocycles. The summed E-state index contributed by atoms with van der Waals surface area (Å²) < 4.78 is 5.77. The molecule has 13 heavy (non-hydrogen) atoms. The molecule has 0 atom stereocenters. The van der Waals surface area contributed by atoms with Crippen molar-refractivity contribution < 1.29 is 4.74 Å². The van der Waals surface area contributed by atoms with Gasteiger partial charge in [-0.1, -0.05) is 18.1 Å². The van der Waals surface area contributed by atoms with Gasteiger partial charge in [-0.25, -0.2) is 0 Å². The summed E-state index contributed by atoms with van der Waals surface area (Å²) in [6.45, 7) is 4.15. The van der Waals surface area contributed by atoms with E-state index in [-0.39, 0.29) is 5.60 Å². The van der Waals surface area contributed by atoms with Gasteiger partial charge in [-0.2, -0.15) is 0 Å². The van der Waals surface area contributed by atoms with Crippen LogP contribution in [0, 0.1) is 12.3 Å². The smallest absolute Gasteiger partial charge is 0.139 e. The fourth-order valence-corrected chi connectivity index (χ4v) is 1.73. The lowest BCUT2D eigenvalue weighted by atomic mass is 10.0. The first-order valence-corrected chi connectivity index (χ1v) is 4.40. The molecule has 0 aromatic heterocycles. The first kappa shape index (κ1) is 8.19. The lowest BCUT2D eigenvalue weighted by Gasteiger charge is -2.17. The average molecular weight is 172 g/mol. The third kappa shape index (κ3) is 1.29. The van der Waals surface area contributed by atoms with Crippen LogP contribution in [-0.4, -0.2) is 5.60 Å². The Labute approximate surface area is 78.7 Å². The quantitative estimate of drug-likeness (QED) is 0.546. The van der Waals surface area contributed by atoms with E-state index in [1.165, 1.54) is 5.56 Å². The Balaban J connectivity index is 2.53. The molecule has 0 radical (unpaired) electrons. The standard InChI is InChI=1S/C12H12O/c1-4-9-6-5-7-10-8-12(2,3)13-11(9)10/h1,5-7H,8H2,2-3H3. The zero-order chi connectivity index (χ0) is 9.47. The van der Waals surface area contributed by atoms with Gasteiger partial charge in [0.15, 0.2) is 0 Å².